The topological polar surface area (TPSA) is 73.2 Å². The third-order valence-electron chi connectivity index (χ3n) is 4.07. The number of carbonyl (C=O) groups excluding carboxylic acids is 2. The van der Waals surface area contributed by atoms with Gasteiger partial charge in [-0.3, -0.25) is 9.69 Å². The van der Waals surface area contributed by atoms with Gasteiger partial charge >= 0.3 is 6.03 Å². The maximum absolute atomic E-state index is 12.9. The highest BCUT2D eigenvalue weighted by molar-refractivity contribution is 9.10. The van der Waals surface area contributed by atoms with Gasteiger partial charge in [0.25, 0.3) is 5.91 Å². The van der Waals surface area contributed by atoms with Crippen molar-refractivity contribution >= 4 is 27.9 Å². The number of urea groups is 1. The molecule has 120 valence electrons. The van der Waals surface area contributed by atoms with Gasteiger partial charge in [0, 0.05) is 4.47 Å². The zero-order valence-corrected chi connectivity index (χ0v) is 14.5. The molecule has 24 heavy (non-hydrogen) atoms. The highest BCUT2D eigenvalue weighted by Gasteiger charge is 2.48. The summed E-state index contributed by atoms with van der Waals surface area (Å²) in [5.74, 6) is -0.312. The molecule has 2 aromatic carbocycles. The van der Waals surface area contributed by atoms with Crippen molar-refractivity contribution < 1.29 is 9.59 Å². The lowest BCUT2D eigenvalue weighted by Crippen LogP contribution is -2.40. The first-order valence-corrected chi connectivity index (χ1v) is 8.12. The van der Waals surface area contributed by atoms with Crippen LogP contribution >= 0.6 is 15.9 Å². The second-order valence-electron chi connectivity index (χ2n) is 5.77. The molecule has 0 saturated carbocycles. The molecule has 1 aliphatic heterocycles. The van der Waals surface area contributed by atoms with Crippen LogP contribution in [0.15, 0.2) is 53.0 Å². The number of imide groups is 1. The molecule has 0 radical (unpaired) electrons. The van der Waals surface area contributed by atoms with Crippen molar-refractivity contribution in [3.05, 3.63) is 69.7 Å². The minimum atomic E-state index is -1.10. The predicted octanol–water partition coefficient (Wildman–Crippen LogP) is 3.29. The van der Waals surface area contributed by atoms with E-state index in [-0.39, 0.29) is 12.5 Å². The number of nitrogens with one attached hydrogen (secondary N) is 1. The Bertz CT molecular complexity index is 875. The number of hydrogen-bond acceptors (Lipinski definition) is 3. The SMILES string of the molecule is C[C@@]1(c2cccc(Br)c2)NC(=O)N(Cc2cccc(C#N)c2)C1=O. The molecule has 6 heteroatoms. The molecule has 1 saturated heterocycles. The first-order chi connectivity index (χ1) is 11.4. The Morgan fingerprint density at radius 2 is 1.96 bits per heavy atom. The van der Waals surface area contributed by atoms with Crippen molar-refractivity contribution in [2.45, 2.75) is 19.0 Å². The minimum Gasteiger partial charge on any atom is -0.319 e. The molecule has 0 aromatic heterocycles. The molecule has 1 heterocycles. The molecular formula is C18H14BrN3O2. The van der Waals surface area contributed by atoms with Gasteiger partial charge < -0.3 is 5.32 Å². The number of rotatable bonds is 3. The Kier molecular flexibility index (Phi) is 4.12. The van der Waals surface area contributed by atoms with Gasteiger partial charge in [0.15, 0.2) is 0 Å². The molecule has 0 unspecified atom stereocenters. The van der Waals surface area contributed by atoms with Gasteiger partial charge in [0.05, 0.1) is 18.2 Å². The lowest BCUT2D eigenvalue weighted by molar-refractivity contribution is -0.131. The number of amides is 3. The number of benzene rings is 2. The van der Waals surface area contributed by atoms with Crippen molar-refractivity contribution in [1.82, 2.24) is 10.2 Å². The summed E-state index contributed by atoms with van der Waals surface area (Å²) in [5.41, 5.74) is 0.835. The van der Waals surface area contributed by atoms with Gasteiger partial charge in [-0.1, -0.05) is 40.2 Å². The number of carbonyl (C=O) groups is 2. The summed E-state index contributed by atoms with van der Waals surface area (Å²) < 4.78 is 0.837. The fourth-order valence-electron chi connectivity index (χ4n) is 2.76. The highest BCUT2D eigenvalue weighted by atomic mass is 79.9. The number of nitriles is 1. The van der Waals surface area contributed by atoms with Crippen LogP contribution < -0.4 is 5.32 Å². The molecule has 1 fully saturated rings. The van der Waals surface area contributed by atoms with Crippen LogP contribution in [0.5, 0.6) is 0 Å². The van der Waals surface area contributed by atoms with E-state index in [1.165, 1.54) is 4.90 Å². The van der Waals surface area contributed by atoms with E-state index in [1.54, 1.807) is 31.2 Å². The van der Waals surface area contributed by atoms with Crippen LogP contribution in [0.1, 0.15) is 23.6 Å². The highest BCUT2D eigenvalue weighted by Crippen LogP contribution is 2.31. The first-order valence-electron chi connectivity index (χ1n) is 7.33. The molecule has 3 rings (SSSR count). The first kappa shape index (κ1) is 16.2. The summed E-state index contributed by atoms with van der Waals surface area (Å²) >= 11 is 3.38. The summed E-state index contributed by atoms with van der Waals surface area (Å²) in [6.45, 7) is 1.82. The van der Waals surface area contributed by atoms with Gasteiger partial charge in [-0.15, -0.1) is 0 Å². The fourth-order valence-corrected chi connectivity index (χ4v) is 3.16. The molecule has 1 atom stereocenters. The van der Waals surface area contributed by atoms with Crippen molar-refractivity contribution in [3.8, 4) is 6.07 Å². The molecule has 0 spiro atoms. The van der Waals surface area contributed by atoms with Crippen molar-refractivity contribution in [2.24, 2.45) is 0 Å². The van der Waals surface area contributed by atoms with E-state index in [0.29, 0.717) is 11.1 Å². The predicted molar refractivity (Wildman–Crippen MR) is 91.7 cm³/mol. The zero-order chi connectivity index (χ0) is 17.3. The second kappa shape index (κ2) is 6.10. The normalized spacial score (nSPS) is 20.0. The smallest absolute Gasteiger partial charge is 0.319 e. The molecule has 0 aliphatic carbocycles. The van der Waals surface area contributed by atoms with Crippen molar-refractivity contribution in [2.75, 3.05) is 0 Å². The average Bonchev–Trinajstić information content (AvgIpc) is 2.79. The second-order valence-corrected chi connectivity index (χ2v) is 6.68. The van der Waals surface area contributed by atoms with Crippen LogP contribution in [0.25, 0.3) is 0 Å². The van der Waals surface area contributed by atoms with E-state index in [9.17, 15) is 9.59 Å². The van der Waals surface area contributed by atoms with Gasteiger partial charge in [0.1, 0.15) is 5.54 Å². The van der Waals surface area contributed by atoms with Crippen LogP contribution in [0.2, 0.25) is 0 Å². The van der Waals surface area contributed by atoms with E-state index in [1.807, 2.05) is 24.3 Å². The fraction of sp³-hybridized carbons (Fsp3) is 0.167. The van der Waals surface area contributed by atoms with Crippen LogP contribution in [0, 0.1) is 11.3 Å². The summed E-state index contributed by atoms with van der Waals surface area (Å²) in [4.78, 5) is 26.4. The molecular weight excluding hydrogens is 370 g/mol. The van der Waals surface area contributed by atoms with Gasteiger partial charge in [-0.05, 0) is 42.3 Å². The Morgan fingerprint density at radius 1 is 1.21 bits per heavy atom. The molecule has 0 bridgehead atoms. The number of halogens is 1. The molecule has 1 aliphatic rings. The average molecular weight is 384 g/mol. The van der Waals surface area contributed by atoms with Gasteiger partial charge in [0.2, 0.25) is 0 Å². The third kappa shape index (κ3) is 2.79. The number of nitrogens with zero attached hydrogens (tertiary/aromatic N) is 2. The molecule has 2 aromatic rings. The van der Waals surface area contributed by atoms with Gasteiger partial charge in [-0.25, -0.2) is 4.79 Å². The van der Waals surface area contributed by atoms with Crippen molar-refractivity contribution in [3.63, 3.8) is 0 Å². The lowest BCUT2D eigenvalue weighted by atomic mass is 9.92. The summed E-state index contributed by atoms with van der Waals surface area (Å²) in [6, 6.07) is 15.8. The molecule has 1 N–H and O–H groups in total. The number of hydrogen-bond donors (Lipinski definition) is 1. The van der Waals surface area contributed by atoms with Crippen LogP contribution in [0.3, 0.4) is 0 Å². The van der Waals surface area contributed by atoms with E-state index >= 15 is 0 Å². The van der Waals surface area contributed by atoms with Gasteiger partial charge in [-0.2, -0.15) is 5.26 Å². The monoisotopic (exact) mass is 383 g/mol. The lowest BCUT2D eigenvalue weighted by Gasteiger charge is -2.22. The quantitative estimate of drug-likeness (QED) is 0.826. The van der Waals surface area contributed by atoms with E-state index in [0.717, 1.165) is 10.0 Å². The minimum absolute atomic E-state index is 0.129. The standard InChI is InChI=1S/C18H14BrN3O2/c1-18(14-6-3-7-15(19)9-14)16(23)22(17(24)21-18)11-13-5-2-4-12(8-13)10-20/h2-9H,11H2,1H3,(H,21,24)/t18-/m0/s1. The van der Waals surface area contributed by atoms with Crippen LogP contribution in [-0.2, 0) is 16.9 Å². The Labute approximate surface area is 148 Å². The largest absolute Gasteiger partial charge is 0.325 e. The Morgan fingerprint density at radius 3 is 2.67 bits per heavy atom. The van der Waals surface area contributed by atoms with Crippen LogP contribution in [0.4, 0.5) is 4.79 Å². The maximum Gasteiger partial charge on any atom is 0.325 e. The van der Waals surface area contributed by atoms with E-state index < -0.39 is 11.6 Å². The van der Waals surface area contributed by atoms with Crippen LogP contribution in [-0.4, -0.2) is 16.8 Å². The molecule has 3 amide bonds. The summed E-state index contributed by atoms with van der Waals surface area (Å²) in [7, 11) is 0. The Balaban J connectivity index is 1.90. The van der Waals surface area contributed by atoms with Crippen molar-refractivity contribution in [1.29, 1.82) is 5.26 Å². The third-order valence-corrected chi connectivity index (χ3v) is 4.57. The maximum atomic E-state index is 12.9. The van der Waals surface area contributed by atoms with E-state index in [2.05, 4.69) is 27.3 Å². The zero-order valence-electron chi connectivity index (χ0n) is 12.9. The van der Waals surface area contributed by atoms with E-state index in [4.69, 9.17) is 5.26 Å². The summed E-state index contributed by atoms with van der Waals surface area (Å²) in [6.07, 6.45) is 0. The summed E-state index contributed by atoms with van der Waals surface area (Å²) in [5, 5.41) is 11.7. The Hall–Kier alpha value is -2.65. The molecule has 5 nitrogen and oxygen atoms in total.